The third-order valence-electron chi connectivity index (χ3n) is 5.06. The van der Waals surface area contributed by atoms with Crippen LogP contribution in [0.1, 0.15) is 26.2 Å². The molecule has 1 atom stereocenters. The Morgan fingerprint density at radius 2 is 1.95 bits per heavy atom. The molecule has 0 bridgehead atoms. The van der Waals surface area contributed by atoms with Gasteiger partial charge in [-0.15, -0.1) is 0 Å². The van der Waals surface area contributed by atoms with Gasteiger partial charge in [-0.05, 0) is 67.0 Å². The summed E-state index contributed by atoms with van der Waals surface area (Å²) in [6.45, 7) is 7.94. The van der Waals surface area contributed by atoms with Crippen LogP contribution in [0.25, 0.3) is 0 Å². The first-order valence-electron chi connectivity index (χ1n) is 8.27. The first-order valence-corrected chi connectivity index (χ1v) is 8.27. The Kier molecular flexibility index (Phi) is 5.63. The van der Waals surface area contributed by atoms with Gasteiger partial charge in [-0.25, -0.2) is 0 Å². The van der Waals surface area contributed by atoms with Crippen LogP contribution in [0.5, 0.6) is 0 Å². The van der Waals surface area contributed by atoms with Gasteiger partial charge >= 0.3 is 0 Å². The summed E-state index contributed by atoms with van der Waals surface area (Å²) in [7, 11) is 6.33. The largest absolute Gasteiger partial charge is 0.338 e. The zero-order valence-corrected chi connectivity index (χ0v) is 14.2. The quantitative estimate of drug-likeness (QED) is 0.800. The minimum atomic E-state index is -0.199. The first-order chi connectivity index (χ1) is 9.92. The molecule has 2 heterocycles. The summed E-state index contributed by atoms with van der Waals surface area (Å²) < 4.78 is 0. The minimum Gasteiger partial charge on any atom is -0.338 e. The molecule has 1 unspecified atom stereocenters. The number of hydrogen-bond acceptors (Lipinski definition) is 4. The van der Waals surface area contributed by atoms with E-state index in [4.69, 9.17) is 0 Å². The molecule has 2 rings (SSSR count). The van der Waals surface area contributed by atoms with Crippen LogP contribution in [0.15, 0.2) is 0 Å². The molecule has 2 aliphatic rings. The average molecular weight is 296 g/mol. The van der Waals surface area contributed by atoms with E-state index in [1.807, 2.05) is 0 Å². The average Bonchev–Trinajstić information content (AvgIpc) is 2.88. The van der Waals surface area contributed by atoms with Crippen molar-refractivity contribution in [2.75, 3.05) is 60.4 Å². The Morgan fingerprint density at radius 3 is 2.48 bits per heavy atom. The summed E-state index contributed by atoms with van der Waals surface area (Å²) in [5, 5.41) is 3.36. The van der Waals surface area contributed by atoms with Crippen LogP contribution in [0.3, 0.4) is 0 Å². The lowest BCUT2D eigenvalue weighted by Crippen LogP contribution is -2.53. The zero-order valence-electron chi connectivity index (χ0n) is 14.2. The Hall–Kier alpha value is -0.650. The lowest BCUT2D eigenvalue weighted by Gasteiger charge is -2.41. The highest BCUT2D eigenvalue weighted by atomic mass is 16.2. The highest BCUT2D eigenvalue weighted by Gasteiger charge is 2.41. The van der Waals surface area contributed by atoms with Gasteiger partial charge in [0.25, 0.3) is 0 Å². The molecule has 2 fully saturated rings. The molecule has 0 aromatic carbocycles. The fourth-order valence-electron chi connectivity index (χ4n) is 3.41. The number of carbonyl (C=O) groups is 1. The van der Waals surface area contributed by atoms with Gasteiger partial charge < -0.3 is 20.0 Å². The fourth-order valence-corrected chi connectivity index (χ4v) is 3.41. The second-order valence-electron chi connectivity index (χ2n) is 7.32. The Labute approximate surface area is 129 Å². The molecule has 5 nitrogen and oxygen atoms in total. The van der Waals surface area contributed by atoms with Gasteiger partial charge in [-0.3, -0.25) is 4.79 Å². The molecule has 0 aromatic rings. The molecule has 0 aliphatic carbocycles. The van der Waals surface area contributed by atoms with Crippen LogP contribution in [0, 0.1) is 5.41 Å². The Morgan fingerprint density at radius 1 is 1.29 bits per heavy atom. The molecule has 21 heavy (non-hydrogen) atoms. The number of nitrogens with zero attached hydrogens (tertiary/aromatic N) is 3. The summed E-state index contributed by atoms with van der Waals surface area (Å²) in [6, 6.07) is 0.422. The predicted molar refractivity (Wildman–Crippen MR) is 86.4 cm³/mol. The van der Waals surface area contributed by atoms with E-state index in [1.165, 1.54) is 0 Å². The number of hydrogen-bond donors (Lipinski definition) is 1. The fraction of sp³-hybridized carbons (Fsp3) is 0.938. The Balaban J connectivity index is 2.05. The topological polar surface area (TPSA) is 38.8 Å². The van der Waals surface area contributed by atoms with Crippen LogP contribution in [0.2, 0.25) is 0 Å². The van der Waals surface area contributed by atoms with Gasteiger partial charge in [-0.1, -0.05) is 0 Å². The number of carbonyl (C=O) groups excluding carboxylic acids is 1. The maximum atomic E-state index is 13.1. The van der Waals surface area contributed by atoms with Crippen LogP contribution in [0.4, 0.5) is 0 Å². The van der Waals surface area contributed by atoms with Crippen molar-refractivity contribution < 1.29 is 4.79 Å². The van der Waals surface area contributed by atoms with Crippen molar-refractivity contribution in [3.05, 3.63) is 0 Å². The van der Waals surface area contributed by atoms with Crippen molar-refractivity contribution >= 4 is 5.91 Å². The van der Waals surface area contributed by atoms with Crippen LogP contribution < -0.4 is 5.32 Å². The van der Waals surface area contributed by atoms with E-state index in [2.05, 4.69) is 48.1 Å². The number of likely N-dealkylation sites (N-methyl/N-ethyl adjacent to an activating group) is 1. The van der Waals surface area contributed by atoms with Gasteiger partial charge in [0.15, 0.2) is 0 Å². The predicted octanol–water partition coefficient (Wildman–Crippen LogP) is 0.470. The maximum absolute atomic E-state index is 13.1. The highest BCUT2D eigenvalue weighted by Crippen LogP contribution is 2.29. The maximum Gasteiger partial charge on any atom is 0.230 e. The molecule has 0 saturated carbocycles. The van der Waals surface area contributed by atoms with Crippen LogP contribution >= 0.6 is 0 Å². The van der Waals surface area contributed by atoms with Crippen molar-refractivity contribution in [1.82, 2.24) is 20.0 Å². The van der Waals surface area contributed by atoms with E-state index in [0.717, 1.165) is 58.5 Å². The minimum absolute atomic E-state index is 0.199. The summed E-state index contributed by atoms with van der Waals surface area (Å²) >= 11 is 0. The summed E-state index contributed by atoms with van der Waals surface area (Å²) in [6.07, 6.45) is 3.19. The lowest BCUT2D eigenvalue weighted by atomic mass is 9.86. The van der Waals surface area contributed by atoms with Crippen LogP contribution in [-0.4, -0.2) is 87.1 Å². The molecule has 0 radical (unpaired) electrons. The van der Waals surface area contributed by atoms with Crippen molar-refractivity contribution in [3.63, 3.8) is 0 Å². The molecular formula is C16H32N4O. The molecular weight excluding hydrogens is 264 g/mol. The van der Waals surface area contributed by atoms with E-state index in [0.29, 0.717) is 11.9 Å². The molecule has 1 N–H and O–H groups in total. The molecule has 0 spiro atoms. The van der Waals surface area contributed by atoms with Gasteiger partial charge in [0.1, 0.15) is 0 Å². The van der Waals surface area contributed by atoms with Crippen molar-refractivity contribution in [3.8, 4) is 0 Å². The molecule has 122 valence electrons. The van der Waals surface area contributed by atoms with Crippen molar-refractivity contribution in [1.29, 1.82) is 0 Å². The normalized spacial score (nSPS) is 28.2. The monoisotopic (exact) mass is 296 g/mol. The van der Waals surface area contributed by atoms with E-state index >= 15 is 0 Å². The number of rotatable bonds is 5. The lowest BCUT2D eigenvalue weighted by molar-refractivity contribution is -0.143. The third-order valence-corrected chi connectivity index (χ3v) is 5.06. The summed E-state index contributed by atoms with van der Waals surface area (Å²) in [5.41, 5.74) is -0.199. The number of nitrogens with one attached hydrogen (secondary N) is 1. The van der Waals surface area contributed by atoms with Gasteiger partial charge in [0.05, 0.1) is 5.41 Å². The number of likely N-dealkylation sites (tertiary alicyclic amines) is 1. The van der Waals surface area contributed by atoms with E-state index in [-0.39, 0.29) is 5.41 Å². The summed E-state index contributed by atoms with van der Waals surface area (Å²) in [4.78, 5) is 19.8. The smallest absolute Gasteiger partial charge is 0.230 e. The third kappa shape index (κ3) is 4.18. The number of piperidine rings is 1. The van der Waals surface area contributed by atoms with E-state index in [1.54, 1.807) is 0 Å². The van der Waals surface area contributed by atoms with Gasteiger partial charge in [-0.2, -0.15) is 0 Å². The van der Waals surface area contributed by atoms with Crippen molar-refractivity contribution in [2.45, 2.75) is 32.2 Å². The second kappa shape index (κ2) is 7.07. The highest BCUT2D eigenvalue weighted by molar-refractivity contribution is 5.83. The molecule has 1 amide bonds. The second-order valence-corrected chi connectivity index (χ2v) is 7.32. The molecule has 2 aliphatic heterocycles. The summed E-state index contributed by atoms with van der Waals surface area (Å²) in [5.74, 6) is 0.365. The van der Waals surface area contributed by atoms with Gasteiger partial charge in [0, 0.05) is 25.7 Å². The molecule has 2 saturated heterocycles. The number of amides is 1. The standard InChI is InChI=1S/C16H32N4O/c1-16(7-8-17-13-16)15(21)20(12-11-18(2)3)14-5-9-19(4)10-6-14/h14,17H,5-13H2,1-4H3. The van der Waals surface area contributed by atoms with Crippen LogP contribution in [-0.2, 0) is 4.79 Å². The van der Waals surface area contributed by atoms with Crippen molar-refractivity contribution in [2.24, 2.45) is 5.41 Å². The van der Waals surface area contributed by atoms with E-state index in [9.17, 15) is 4.79 Å². The van der Waals surface area contributed by atoms with E-state index < -0.39 is 0 Å². The first kappa shape index (κ1) is 16.7. The van der Waals surface area contributed by atoms with Gasteiger partial charge in [0.2, 0.25) is 5.91 Å². The zero-order chi connectivity index (χ0) is 15.5. The molecule has 5 heteroatoms. The molecule has 0 aromatic heterocycles. The Bertz CT molecular complexity index is 344. The SMILES string of the molecule is CN(C)CCN(C(=O)C1(C)CCNC1)C1CCN(C)CC1.